The zero-order valence-electron chi connectivity index (χ0n) is 11.7. The molecule has 3 nitrogen and oxygen atoms in total. The molecule has 0 amide bonds. The fraction of sp³-hybridized carbons (Fsp3) is 1.00. The van der Waals surface area contributed by atoms with Crippen molar-refractivity contribution in [3.63, 3.8) is 0 Å². The van der Waals surface area contributed by atoms with Crippen LogP contribution in [-0.2, 0) is 4.74 Å². The fourth-order valence-corrected chi connectivity index (χ4v) is 4.02. The predicted molar refractivity (Wildman–Crippen MR) is 73.8 cm³/mol. The fourth-order valence-electron chi connectivity index (χ4n) is 4.02. The maximum absolute atomic E-state index is 5.89. The first-order valence-electron chi connectivity index (χ1n) is 7.97. The Morgan fingerprint density at radius 2 is 2.06 bits per heavy atom. The maximum Gasteiger partial charge on any atom is 0.0590 e. The Hall–Kier alpha value is -0.120. The molecule has 0 aromatic rings. The molecule has 0 spiro atoms. The van der Waals surface area contributed by atoms with Crippen molar-refractivity contribution in [2.45, 2.75) is 76.1 Å². The molecule has 3 heteroatoms. The lowest BCUT2D eigenvalue weighted by atomic mass is 9.97. The Labute approximate surface area is 111 Å². The summed E-state index contributed by atoms with van der Waals surface area (Å²) in [5, 5.41) is 3.79. The highest BCUT2D eigenvalue weighted by Crippen LogP contribution is 2.27. The molecular formula is C15H28N2O. The zero-order chi connectivity index (χ0) is 12.4. The van der Waals surface area contributed by atoms with E-state index in [9.17, 15) is 0 Å². The smallest absolute Gasteiger partial charge is 0.0590 e. The van der Waals surface area contributed by atoms with Crippen molar-refractivity contribution in [3.8, 4) is 0 Å². The quantitative estimate of drug-likeness (QED) is 0.833. The van der Waals surface area contributed by atoms with Gasteiger partial charge in [-0.05, 0) is 45.1 Å². The van der Waals surface area contributed by atoms with Gasteiger partial charge in [0, 0.05) is 31.3 Å². The van der Waals surface area contributed by atoms with Crippen molar-refractivity contribution in [1.82, 2.24) is 10.2 Å². The van der Waals surface area contributed by atoms with E-state index in [4.69, 9.17) is 4.74 Å². The van der Waals surface area contributed by atoms with Gasteiger partial charge in [0.2, 0.25) is 0 Å². The highest BCUT2D eigenvalue weighted by Gasteiger charge is 2.34. The molecule has 2 bridgehead atoms. The van der Waals surface area contributed by atoms with Crippen LogP contribution in [0.5, 0.6) is 0 Å². The van der Waals surface area contributed by atoms with Crippen LogP contribution in [-0.4, -0.2) is 48.8 Å². The monoisotopic (exact) mass is 252 g/mol. The summed E-state index contributed by atoms with van der Waals surface area (Å²) in [5.74, 6) is 0. The Balaban J connectivity index is 1.56. The van der Waals surface area contributed by atoms with E-state index in [2.05, 4.69) is 17.1 Å². The summed E-state index contributed by atoms with van der Waals surface area (Å²) in [6, 6.07) is 2.37. The summed E-state index contributed by atoms with van der Waals surface area (Å²) in [6.07, 6.45) is 9.70. The number of rotatable bonds is 3. The summed E-state index contributed by atoms with van der Waals surface area (Å²) in [4.78, 5) is 2.77. The SMILES string of the molecule is CCCC1CC(N2CCC3CCC(C2)N3)CCO1. The summed E-state index contributed by atoms with van der Waals surface area (Å²) in [5.41, 5.74) is 0. The van der Waals surface area contributed by atoms with Crippen LogP contribution < -0.4 is 5.32 Å². The van der Waals surface area contributed by atoms with Crippen molar-refractivity contribution < 1.29 is 4.74 Å². The minimum Gasteiger partial charge on any atom is -0.378 e. The predicted octanol–water partition coefficient (Wildman–Crippen LogP) is 2.16. The van der Waals surface area contributed by atoms with Gasteiger partial charge in [0.05, 0.1) is 6.10 Å². The molecule has 3 aliphatic rings. The standard InChI is InChI=1S/C15H28N2O/c1-2-3-15-10-14(7-9-18-15)17-8-6-12-4-5-13(11-17)16-12/h12-16H,2-11H2,1H3. The molecule has 0 aromatic carbocycles. The lowest BCUT2D eigenvalue weighted by Crippen LogP contribution is -2.46. The van der Waals surface area contributed by atoms with Crippen molar-refractivity contribution in [1.29, 1.82) is 0 Å². The second-order valence-corrected chi connectivity index (χ2v) is 6.38. The third kappa shape index (κ3) is 2.89. The van der Waals surface area contributed by atoms with E-state index in [1.54, 1.807) is 0 Å². The van der Waals surface area contributed by atoms with Crippen molar-refractivity contribution in [3.05, 3.63) is 0 Å². The second-order valence-electron chi connectivity index (χ2n) is 6.38. The van der Waals surface area contributed by atoms with Crippen LogP contribution in [0, 0.1) is 0 Å². The maximum atomic E-state index is 5.89. The molecule has 4 unspecified atom stereocenters. The molecule has 0 radical (unpaired) electrons. The van der Waals surface area contributed by atoms with Crippen LogP contribution >= 0.6 is 0 Å². The minimum absolute atomic E-state index is 0.530. The molecule has 3 aliphatic heterocycles. The molecule has 3 fully saturated rings. The number of ether oxygens (including phenoxy) is 1. The summed E-state index contributed by atoms with van der Waals surface area (Å²) in [6.45, 7) is 5.83. The van der Waals surface area contributed by atoms with E-state index in [-0.39, 0.29) is 0 Å². The molecule has 0 aliphatic carbocycles. The van der Waals surface area contributed by atoms with Crippen LogP contribution in [0.15, 0.2) is 0 Å². The molecule has 3 rings (SSSR count). The van der Waals surface area contributed by atoms with E-state index in [0.29, 0.717) is 6.10 Å². The Bertz CT molecular complexity index is 269. The first-order valence-corrected chi connectivity index (χ1v) is 7.97. The lowest BCUT2D eigenvalue weighted by Gasteiger charge is -2.38. The number of nitrogens with one attached hydrogen (secondary N) is 1. The molecule has 4 atom stereocenters. The lowest BCUT2D eigenvalue weighted by molar-refractivity contribution is -0.0314. The van der Waals surface area contributed by atoms with Crippen LogP contribution in [0.25, 0.3) is 0 Å². The number of hydrogen-bond donors (Lipinski definition) is 1. The second kappa shape index (κ2) is 5.89. The molecule has 18 heavy (non-hydrogen) atoms. The van der Waals surface area contributed by atoms with Gasteiger partial charge in [-0.2, -0.15) is 0 Å². The average molecular weight is 252 g/mol. The average Bonchev–Trinajstić information content (AvgIpc) is 2.70. The van der Waals surface area contributed by atoms with Gasteiger partial charge >= 0.3 is 0 Å². The molecule has 1 N–H and O–H groups in total. The molecular weight excluding hydrogens is 224 g/mol. The Morgan fingerprint density at radius 1 is 1.17 bits per heavy atom. The van der Waals surface area contributed by atoms with Crippen LogP contribution in [0.1, 0.15) is 51.9 Å². The van der Waals surface area contributed by atoms with E-state index >= 15 is 0 Å². The Kier molecular flexibility index (Phi) is 4.22. The first-order chi connectivity index (χ1) is 8.85. The molecule has 0 saturated carbocycles. The summed E-state index contributed by atoms with van der Waals surface area (Å²) in [7, 11) is 0. The van der Waals surface area contributed by atoms with Gasteiger partial charge < -0.3 is 10.1 Å². The normalized spacial score (nSPS) is 41.8. The van der Waals surface area contributed by atoms with Gasteiger partial charge in [-0.1, -0.05) is 13.3 Å². The molecule has 104 valence electrons. The first kappa shape index (κ1) is 12.9. The van der Waals surface area contributed by atoms with Crippen molar-refractivity contribution in [2.24, 2.45) is 0 Å². The van der Waals surface area contributed by atoms with E-state index in [1.807, 2.05) is 0 Å². The minimum atomic E-state index is 0.530. The molecule has 3 heterocycles. The number of hydrogen-bond acceptors (Lipinski definition) is 3. The van der Waals surface area contributed by atoms with Gasteiger partial charge in [-0.15, -0.1) is 0 Å². The topological polar surface area (TPSA) is 24.5 Å². The van der Waals surface area contributed by atoms with Gasteiger partial charge in [-0.3, -0.25) is 4.90 Å². The van der Waals surface area contributed by atoms with Crippen LogP contribution in [0.2, 0.25) is 0 Å². The van der Waals surface area contributed by atoms with Crippen LogP contribution in [0.4, 0.5) is 0 Å². The van der Waals surface area contributed by atoms with Crippen molar-refractivity contribution >= 4 is 0 Å². The molecule has 3 saturated heterocycles. The van der Waals surface area contributed by atoms with E-state index in [1.165, 1.54) is 58.0 Å². The number of fused-ring (bicyclic) bond motifs is 2. The molecule has 0 aromatic heterocycles. The highest BCUT2D eigenvalue weighted by atomic mass is 16.5. The summed E-state index contributed by atoms with van der Waals surface area (Å²) >= 11 is 0. The van der Waals surface area contributed by atoms with Gasteiger partial charge in [0.15, 0.2) is 0 Å². The van der Waals surface area contributed by atoms with Gasteiger partial charge in [0.25, 0.3) is 0 Å². The number of nitrogens with zero attached hydrogens (tertiary/aromatic N) is 1. The highest BCUT2D eigenvalue weighted by molar-refractivity contribution is 4.92. The number of likely N-dealkylation sites (tertiary alicyclic amines) is 1. The third-order valence-electron chi connectivity index (χ3n) is 5.02. The third-order valence-corrected chi connectivity index (χ3v) is 5.02. The van der Waals surface area contributed by atoms with Gasteiger partial charge in [0.1, 0.15) is 0 Å². The summed E-state index contributed by atoms with van der Waals surface area (Å²) < 4.78 is 5.89. The largest absolute Gasteiger partial charge is 0.378 e. The zero-order valence-corrected chi connectivity index (χ0v) is 11.7. The van der Waals surface area contributed by atoms with Gasteiger partial charge in [-0.25, -0.2) is 0 Å². The Morgan fingerprint density at radius 3 is 2.94 bits per heavy atom. The van der Waals surface area contributed by atoms with E-state index < -0.39 is 0 Å². The van der Waals surface area contributed by atoms with Crippen LogP contribution in [0.3, 0.4) is 0 Å². The van der Waals surface area contributed by atoms with Crippen molar-refractivity contribution in [2.75, 3.05) is 19.7 Å². The van der Waals surface area contributed by atoms with E-state index in [0.717, 1.165) is 24.7 Å².